The molecule has 0 unspecified atom stereocenters. The Kier molecular flexibility index (Phi) is 5.96. The molecule has 3 rings (SSSR count). The number of ketones is 2. The maximum atomic E-state index is 13.2. The number of carbonyl (C=O) groups is 2. The molecule has 4 nitrogen and oxygen atoms in total. The highest BCUT2D eigenvalue weighted by molar-refractivity contribution is 6.29. The van der Waals surface area contributed by atoms with Gasteiger partial charge in [-0.3, -0.25) is 9.59 Å². The third kappa shape index (κ3) is 3.48. The molecule has 136 valence electrons. The first-order chi connectivity index (χ1) is 12.7. The van der Waals surface area contributed by atoms with Crippen LogP contribution in [-0.2, 0) is 12.8 Å². The zero-order valence-corrected chi connectivity index (χ0v) is 14.8. The first-order valence-electron chi connectivity index (χ1n) is 9.24. The molecule has 0 amide bonds. The van der Waals surface area contributed by atoms with Crippen molar-refractivity contribution in [3.05, 3.63) is 69.8 Å². The van der Waals surface area contributed by atoms with Gasteiger partial charge in [-0.05, 0) is 36.8 Å². The van der Waals surface area contributed by atoms with Gasteiger partial charge in [0, 0.05) is 35.5 Å². The number of unbranched alkanes of at least 4 members (excludes halogenated alkanes) is 3. The Hall–Kier alpha value is -2.30. The van der Waals surface area contributed by atoms with Gasteiger partial charge in [-0.1, -0.05) is 49.2 Å². The second kappa shape index (κ2) is 8.39. The average molecular weight is 352 g/mol. The van der Waals surface area contributed by atoms with Crippen LogP contribution in [0.2, 0.25) is 0 Å². The maximum Gasteiger partial charge on any atom is 0.195 e. The van der Waals surface area contributed by atoms with E-state index in [2.05, 4.69) is 0 Å². The Morgan fingerprint density at radius 1 is 0.615 bits per heavy atom. The molecular weight excluding hydrogens is 328 g/mol. The summed E-state index contributed by atoms with van der Waals surface area (Å²) < 4.78 is 0. The highest BCUT2D eigenvalue weighted by Crippen LogP contribution is 2.32. The quantitative estimate of drug-likeness (QED) is 0.611. The molecule has 0 aliphatic heterocycles. The van der Waals surface area contributed by atoms with Gasteiger partial charge in [-0.2, -0.15) is 0 Å². The van der Waals surface area contributed by atoms with E-state index in [4.69, 9.17) is 5.11 Å². The van der Waals surface area contributed by atoms with Crippen molar-refractivity contribution in [3.63, 3.8) is 0 Å². The Morgan fingerprint density at radius 2 is 1.19 bits per heavy atom. The van der Waals surface area contributed by atoms with Gasteiger partial charge in [0.15, 0.2) is 11.6 Å². The fraction of sp³-hybridized carbons (Fsp3) is 0.364. The van der Waals surface area contributed by atoms with E-state index in [0.29, 0.717) is 28.7 Å². The molecule has 2 aromatic rings. The van der Waals surface area contributed by atoms with Crippen molar-refractivity contribution in [2.24, 2.45) is 0 Å². The molecule has 1 aliphatic rings. The number of carbonyl (C=O) groups excluding carboxylic acids is 2. The second-order valence-corrected chi connectivity index (χ2v) is 6.70. The van der Waals surface area contributed by atoms with Crippen molar-refractivity contribution in [1.82, 2.24) is 0 Å². The van der Waals surface area contributed by atoms with Gasteiger partial charge in [-0.15, -0.1) is 0 Å². The predicted molar refractivity (Wildman–Crippen MR) is 99.8 cm³/mol. The molecular formula is C22H24O4. The highest BCUT2D eigenvalue weighted by Gasteiger charge is 2.32. The molecule has 2 N–H and O–H groups in total. The van der Waals surface area contributed by atoms with Gasteiger partial charge in [0.1, 0.15) is 0 Å². The van der Waals surface area contributed by atoms with E-state index < -0.39 is 0 Å². The van der Waals surface area contributed by atoms with E-state index >= 15 is 0 Å². The molecule has 0 aromatic heterocycles. The zero-order valence-electron chi connectivity index (χ0n) is 14.8. The van der Waals surface area contributed by atoms with Crippen molar-refractivity contribution in [3.8, 4) is 0 Å². The number of aryl methyl sites for hydroxylation is 1. The van der Waals surface area contributed by atoms with Crippen LogP contribution in [0, 0.1) is 0 Å². The molecule has 2 aromatic carbocycles. The fourth-order valence-corrected chi connectivity index (χ4v) is 3.70. The normalized spacial score (nSPS) is 12.8. The van der Waals surface area contributed by atoms with Crippen LogP contribution in [0.3, 0.4) is 0 Å². The molecule has 1 aliphatic carbocycles. The summed E-state index contributed by atoms with van der Waals surface area (Å²) in [5, 5.41) is 18.2. The first-order valence-corrected chi connectivity index (χ1v) is 9.24. The van der Waals surface area contributed by atoms with E-state index in [1.807, 2.05) is 18.2 Å². The van der Waals surface area contributed by atoms with Crippen LogP contribution < -0.4 is 0 Å². The van der Waals surface area contributed by atoms with E-state index in [0.717, 1.165) is 43.2 Å². The number of benzene rings is 2. The van der Waals surface area contributed by atoms with Crippen LogP contribution >= 0.6 is 0 Å². The van der Waals surface area contributed by atoms with Crippen molar-refractivity contribution in [2.75, 3.05) is 13.2 Å². The van der Waals surface area contributed by atoms with Crippen molar-refractivity contribution in [1.29, 1.82) is 0 Å². The lowest BCUT2D eigenvalue weighted by molar-refractivity contribution is 0.0977. The van der Waals surface area contributed by atoms with Crippen molar-refractivity contribution in [2.45, 2.75) is 38.5 Å². The number of aliphatic hydroxyl groups excluding tert-OH is 2. The molecule has 0 radical (unpaired) electrons. The minimum Gasteiger partial charge on any atom is -0.396 e. The lowest BCUT2D eigenvalue weighted by Gasteiger charge is -2.22. The molecule has 0 saturated heterocycles. The summed E-state index contributed by atoms with van der Waals surface area (Å²) in [4.78, 5) is 26.2. The van der Waals surface area contributed by atoms with E-state index in [9.17, 15) is 14.7 Å². The molecule has 0 spiro atoms. The van der Waals surface area contributed by atoms with E-state index in [-0.39, 0.29) is 24.8 Å². The Bertz CT molecular complexity index is 823. The minimum absolute atomic E-state index is 0.0582. The van der Waals surface area contributed by atoms with Gasteiger partial charge in [-0.25, -0.2) is 0 Å². The lowest BCUT2D eigenvalue weighted by Crippen LogP contribution is -2.24. The van der Waals surface area contributed by atoms with Crippen molar-refractivity contribution < 1.29 is 19.8 Å². The number of aliphatic hydroxyl groups is 2. The van der Waals surface area contributed by atoms with Crippen LogP contribution in [0.15, 0.2) is 36.4 Å². The SMILES string of the molecule is O=C1c2cccc(CCO)c2C(=O)c2c(CCCCCCO)cccc21. The van der Waals surface area contributed by atoms with E-state index in [1.54, 1.807) is 18.2 Å². The maximum absolute atomic E-state index is 13.2. The summed E-state index contributed by atoms with van der Waals surface area (Å²) in [6.45, 7) is 0.148. The summed E-state index contributed by atoms with van der Waals surface area (Å²) >= 11 is 0. The molecule has 4 heteroatoms. The van der Waals surface area contributed by atoms with Crippen LogP contribution in [0.5, 0.6) is 0 Å². The summed E-state index contributed by atoms with van der Waals surface area (Å²) in [6.07, 6.45) is 4.76. The van der Waals surface area contributed by atoms with Gasteiger partial charge in [0.05, 0.1) is 0 Å². The van der Waals surface area contributed by atoms with Crippen LogP contribution in [0.25, 0.3) is 0 Å². The van der Waals surface area contributed by atoms with Crippen LogP contribution in [0.4, 0.5) is 0 Å². The molecule has 0 bridgehead atoms. The molecule has 0 fully saturated rings. The predicted octanol–water partition coefficient (Wildman–Crippen LogP) is 3.09. The number of hydrogen-bond acceptors (Lipinski definition) is 4. The summed E-state index contributed by atoms with van der Waals surface area (Å²) in [5.74, 6) is -0.221. The summed E-state index contributed by atoms with van der Waals surface area (Å²) in [7, 11) is 0. The van der Waals surface area contributed by atoms with Gasteiger partial charge in [0.2, 0.25) is 0 Å². The average Bonchev–Trinajstić information content (AvgIpc) is 2.66. The Labute approximate surface area is 153 Å². The monoisotopic (exact) mass is 352 g/mol. The van der Waals surface area contributed by atoms with Gasteiger partial charge in [0.25, 0.3) is 0 Å². The van der Waals surface area contributed by atoms with Crippen LogP contribution in [-0.4, -0.2) is 35.0 Å². The molecule has 0 atom stereocenters. The summed E-state index contributed by atoms with van der Waals surface area (Å²) in [6, 6.07) is 10.8. The number of fused-ring (bicyclic) bond motifs is 2. The fourth-order valence-electron chi connectivity index (χ4n) is 3.70. The standard InChI is InChI=1S/C22H24O4/c23-13-4-2-1-3-7-15-8-5-10-17-19(15)22(26)20-16(12-14-24)9-6-11-18(20)21(17)25/h5-6,8-11,23-24H,1-4,7,12-14H2. The van der Waals surface area contributed by atoms with E-state index in [1.165, 1.54) is 0 Å². The smallest absolute Gasteiger partial charge is 0.195 e. The van der Waals surface area contributed by atoms with Gasteiger partial charge < -0.3 is 10.2 Å². The lowest BCUT2D eigenvalue weighted by atomic mass is 9.79. The Balaban J connectivity index is 1.95. The molecule has 0 saturated carbocycles. The number of rotatable bonds is 8. The second-order valence-electron chi connectivity index (χ2n) is 6.70. The third-order valence-corrected chi connectivity index (χ3v) is 4.98. The van der Waals surface area contributed by atoms with Crippen molar-refractivity contribution >= 4 is 11.6 Å². The van der Waals surface area contributed by atoms with Crippen LogP contribution in [0.1, 0.15) is 68.7 Å². The minimum atomic E-state index is -0.114. The topological polar surface area (TPSA) is 74.6 Å². The zero-order chi connectivity index (χ0) is 18.5. The first kappa shape index (κ1) is 18.5. The largest absolute Gasteiger partial charge is 0.396 e. The van der Waals surface area contributed by atoms with Gasteiger partial charge >= 0.3 is 0 Å². The number of hydrogen-bond donors (Lipinski definition) is 2. The molecule has 0 heterocycles. The highest BCUT2D eigenvalue weighted by atomic mass is 16.3. The summed E-state index contributed by atoms with van der Waals surface area (Å²) in [5.41, 5.74) is 3.54. The Morgan fingerprint density at radius 3 is 1.77 bits per heavy atom. The third-order valence-electron chi connectivity index (χ3n) is 4.98. The molecule has 26 heavy (non-hydrogen) atoms.